The third-order valence-corrected chi connectivity index (χ3v) is 3.69. The molecule has 1 unspecified atom stereocenters. The number of ether oxygens (including phenoxy) is 2. The van der Waals surface area contributed by atoms with E-state index >= 15 is 0 Å². The molecule has 0 saturated heterocycles. The fourth-order valence-corrected chi connectivity index (χ4v) is 2.62. The molecule has 2 rings (SSSR count). The fraction of sp³-hybridized carbons (Fsp3) is 0.400. The van der Waals surface area contributed by atoms with Gasteiger partial charge in [-0.1, -0.05) is 11.6 Å². The average Bonchev–Trinajstić information content (AvgIpc) is 2.89. The standard InChI is InChI=1S/C15H20ClN3O2/c1-5-19-15(13(16)9-18-19)14(17-2)10-6-11(20-3)8-12(7-10)21-4/h6-9,14,17H,5H2,1-4H3. The lowest BCUT2D eigenvalue weighted by molar-refractivity contribution is 0.392. The Balaban J connectivity index is 2.53. The predicted molar refractivity (Wildman–Crippen MR) is 83.4 cm³/mol. The minimum Gasteiger partial charge on any atom is -0.497 e. The molecule has 1 aromatic carbocycles. The summed E-state index contributed by atoms with van der Waals surface area (Å²) < 4.78 is 12.6. The third-order valence-electron chi connectivity index (χ3n) is 3.40. The molecule has 5 nitrogen and oxygen atoms in total. The smallest absolute Gasteiger partial charge is 0.122 e. The lowest BCUT2D eigenvalue weighted by Crippen LogP contribution is -2.22. The molecule has 21 heavy (non-hydrogen) atoms. The van der Waals surface area contributed by atoms with Gasteiger partial charge in [0.25, 0.3) is 0 Å². The zero-order valence-corrected chi connectivity index (χ0v) is 13.4. The Morgan fingerprint density at radius 3 is 2.33 bits per heavy atom. The number of aryl methyl sites for hydroxylation is 1. The number of benzene rings is 1. The van der Waals surface area contributed by atoms with E-state index in [1.54, 1.807) is 20.4 Å². The molecule has 6 heteroatoms. The molecule has 1 N–H and O–H groups in total. The lowest BCUT2D eigenvalue weighted by Gasteiger charge is -2.20. The van der Waals surface area contributed by atoms with Crippen LogP contribution in [-0.2, 0) is 6.54 Å². The molecule has 0 saturated carbocycles. The van der Waals surface area contributed by atoms with Gasteiger partial charge in [0.2, 0.25) is 0 Å². The molecule has 0 aliphatic carbocycles. The van der Waals surface area contributed by atoms with E-state index in [0.717, 1.165) is 29.3 Å². The van der Waals surface area contributed by atoms with E-state index in [1.807, 2.05) is 36.9 Å². The van der Waals surface area contributed by atoms with Gasteiger partial charge < -0.3 is 14.8 Å². The highest BCUT2D eigenvalue weighted by atomic mass is 35.5. The van der Waals surface area contributed by atoms with Crippen molar-refractivity contribution in [2.75, 3.05) is 21.3 Å². The van der Waals surface area contributed by atoms with Crippen molar-refractivity contribution in [3.63, 3.8) is 0 Å². The Morgan fingerprint density at radius 2 is 1.86 bits per heavy atom. The summed E-state index contributed by atoms with van der Waals surface area (Å²) in [6.45, 7) is 2.78. The van der Waals surface area contributed by atoms with E-state index in [2.05, 4.69) is 10.4 Å². The van der Waals surface area contributed by atoms with Crippen molar-refractivity contribution in [2.24, 2.45) is 0 Å². The number of nitrogens with one attached hydrogen (secondary N) is 1. The molecule has 0 aliphatic rings. The van der Waals surface area contributed by atoms with Crippen molar-refractivity contribution in [3.8, 4) is 11.5 Å². The number of aromatic nitrogens is 2. The third kappa shape index (κ3) is 3.14. The summed E-state index contributed by atoms with van der Waals surface area (Å²) >= 11 is 6.31. The van der Waals surface area contributed by atoms with Crippen molar-refractivity contribution in [1.29, 1.82) is 0 Å². The fourth-order valence-electron chi connectivity index (χ4n) is 2.37. The summed E-state index contributed by atoms with van der Waals surface area (Å²) in [5.41, 5.74) is 1.93. The lowest BCUT2D eigenvalue weighted by atomic mass is 10.0. The Morgan fingerprint density at radius 1 is 1.24 bits per heavy atom. The van der Waals surface area contributed by atoms with Crippen molar-refractivity contribution in [3.05, 3.63) is 40.7 Å². The Hall–Kier alpha value is -1.72. The molecule has 0 aliphatic heterocycles. The number of hydrogen-bond acceptors (Lipinski definition) is 4. The monoisotopic (exact) mass is 309 g/mol. The van der Waals surface area contributed by atoms with Crippen molar-refractivity contribution in [1.82, 2.24) is 15.1 Å². The van der Waals surface area contributed by atoms with Crippen LogP contribution in [0, 0.1) is 0 Å². The molecule has 0 radical (unpaired) electrons. The molecule has 114 valence electrons. The number of methoxy groups -OCH3 is 2. The van der Waals surface area contributed by atoms with E-state index < -0.39 is 0 Å². The van der Waals surface area contributed by atoms with Crippen molar-refractivity contribution >= 4 is 11.6 Å². The van der Waals surface area contributed by atoms with Gasteiger partial charge in [-0.2, -0.15) is 5.10 Å². The summed E-state index contributed by atoms with van der Waals surface area (Å²) in [6.07, 6.45) is 1.67. The molecule has 1 atom stereocenters. The average molecular weight is 310 g/mol. The van der Waals surface area contributed by atoms with Crippen molar-refractivity contribution in [2.45, 2.75) is 19.5 Å². The Labute approximate surface area is 129 Å². The first kappa shape index (κ1) is 15.7. The van der Waals surface area contributed by atoms with Crippen LogP contribution in [0.1, 0.15) is 24.2 Å². The second kappa shape index (κ2) is 6.83. The Bertz CT molecular complexity index is 591. The van der Waals surface area contributed by atoms with E-state index in [9.17, 15) is 0 Å². The minimum atomic E-state index is -0.0936. The quantitative estimate of drug-likeness (QED) is 0.891. The second-order valence-electron chi connectivity index (χ2n) is 4.56. The van der Waals surface area contributed by atoms with Crippen LogP contribution in [0.15, 0.2) is 24.4 Å². The van der Waals surface area contributed by atoms with Gasteiger partial charge >= 0.3 is 0 Å². The first-order chi connectivity index (χ1) is 10.1. The SMILES string of the molecule is CCn1ncc(Cl)c1C(NC)c1cc(OC)cc(OC)c1. The Kier molecular flexibility index (Phi) is 5.09. The van der Waals surface area contributed by atoms with Gasteiger partial charge in [0.15, 0.2) is 0 Å². The zero-order valence-electron chi connectivity index (χ0n) is 12.7. The first-order valence-electron chi connectivity index (χ1n) is 6.76. The van der Waals surface area contributed by atoms with E-state index in [0.29, 0.717) is 5.02 Å². The summed E-state index contributed by atoms with van der Waals surface area (Å²) in [5.74, 6) is 1.48. The van der Waals surface area contributed by atoms with Gasteiger partial charge in [-0.05, 0) is 31.7 Å². The van der Waals surface area contributed by atoms with Gasteiger partial charge in [-0.3, -0.25) is 4.68 Å². The molecular weight excluding hydrogens is 290 g/mol. The highest BCUT2D eigenvalue weighted by Gasteiger charge is 2.21. The van der Waals surface area contributed by atoms with Crippen LogP contribution in [-0.4, -0.2) is 31.0 Å². The number of rotatable bonds is 6. The summed E-state index contributed by atoms with van der Waals surface area (Å²) in [6, 6.07) is 5.68. The summed E-state index contributed by atoms with van der Waals surface area (Å²) in [7, 11) is 5.16. The van der Waals surface area contributed by atoms with Gasteiger partial charge in [-0.15, -0.1) is 0 Å². The van der Waals surface area contributed by atoms with Crippen molar-refractivity contribution < 1.29 is 9.47 Å². The number of hydrogen-bond donors (Lipinski definition) is 1. The van der Waals surface area contributed by atoms with E-state index in [4.69, 9.17) is 21.1 Å². The predicted octanol–water partition coefficient (Wildman–Crippen LogP) is 2.88. The molecule has 1 heterocycles. The van der Waals surface area contributed by atoms with Gasteiger partial charge in [0, 0.05) is 12.6 Å². The molecule has 0 fully saturated rings. The van der Waals surface area contributed by atoms with Crippen LogP contribution < -0.4 is 14.8 Å². The summed E-state index contributed by atoms with van der Waals surface area (Å²) in [4.78, 5) is 0. The van der Waals surface area contributed by atoms with Crippen LogP contribution in [0.3, 0.4) is 0 Å². The van der Waals surface area contributed by atoms with Gasteiger partial charge in [0.1, 0.15) is 11.5 Å². The zero-order chi connectivity index (χ0) is 15.4. The summed E-state index contributed by atoms with van der Waals surface area (Å²) in [5, 5.41) is 8.22. The number of nitrogens with zero attached hydrogens (tertiary/aromatic N) is 2. The maximum absolute atomic E-state index is 6.31. The van der Waals surface area contributed by atoms with Crippen LogP contribution in [0.4, 0.5) is 0 Å². The van der Waals surface area contributed by atoms with Crippen LogP contribution in [0.5, 0.6) is 11.5 Å². The normalized spacial score (nSPS) is 12.2. The van der Waals surface area contributed by atoms with E-state index in [1.165, 1.54) is 0 Å². The molecule has 0 bridgehead atoms. The number of halogens is 1. The first-order valence-corrected chi connectivity index (χ1v) is 7.13. The van der Waals surface area contributed by atoms with Crippen LogP contribution in [0.2, 0.25) is 5.02 Å². The minimum absolute atomic E-state index is 0.0936. The van der Waals surface area contributed by atoms with Gasteiger partial charge in [0.05, 0.1) is 37.2 Å². The highest BCUT2D eigenvalue weighted by molar-refractivity contribution is 6.31. The topological polar surface area (TPSA) is 48.3 Å². The van der Waals surface area contributed by atoms with Crippen LogP contribution >= 0.6 is 11.6 Å². The highest BCUT2D eigenvalue weighted by Crippen LogP contribution is 2.32. The molecule has 0 spiro atoms. The van der Waals surface area contributed by atoms with Crippen LogP contribution in [0.25, 0.3) is 0 Å². The second-order valence-corrected chi connectivity index (χ2v) is 4.97. The maximum atomic E-state index is 6.31. The largest absolute Gasteiger partial charge is 0.497 e. The molecule has 0 amide bonds. The van der Waals surface area contributed by atoms with E-state index in [-0.39, 0.29) is 6.04 Å². The molecule has 2 aromatic rings. The molecule has 1 aromatic heterocycles. The maximum Gasteiger partial charge on any atom is 0.122 e. The molecular formula is C15H20ClN3O2. The van der Waals surface area contributed by atoms with Gasteiger partial charge in [-0.25, -0.2) is 0 Å².